The minimum Gasteiger partial charge on any atom is -0.494 e. The van der Waals surface area contributed by atoms with Crippen LogP contribution in [0.4, 0.5) is 4.39 Å². The Hall–Kier alpha value is -3.54. The molecule has 0 aliphatic rings. The first kappa shape index (κ1) is 20.7. The first-order chi connectivity index (χ1) is 15.1. The first-order valence-corrected chi connectivity index (χ1v) is 10.4. The topological polar surface area (TPSA) is 60.7 Å². The lowest BCUT2D eigenvalue weighted by Crippen LogP contribution is -2.05. The number of hydrogen-bond acceptors (Lipinski definition) is 3. The molecule has 0 aliphatic carbocycles. The fraction of sp³-hybridized carbons (Fsp3) is 0.240. The molecule has 0 saturated heterocycles. The molecule has 0 bridgehead atoms. The van der Waals surface area contributed by atoms with E-state index in [2.05, 4.69) is 0 Å². The molecule has 160 valence electrons. The monoisotopic (exact) mass is 421 g/mol. The maximum absolute atomic E-state index is 13.1. The van der Waals surface area contributed by atoms with Crippen molar-refractivity contribution in [3.63, 3.8) is 0 Å². The van der Waals surface area contributed by atoms with Crippen LogP contribution in [0.25, 0.3) is 21.8 Å². The molecule has 0 aliphatic heterocycles. The van der Waals surface area contributed by atoms with Crippen molar-refractivity contribution >= 4 is 27.8 Å². The van der Waals surface area contributed by atoms with Gasteiger partial charge in [-0.25, -0.2) is 4.39 Å². The molecule has 1 aromatic heterocycles. The predicted molar refractivity (Wildman–Crippen MR) is 118 cm³/mol. The Labute approximate surface area is 179 Å². The highest BCUT2D eigenvalue weighted by Gasteiger charge is 2.12. The molecule has 1 N–H and O–H groups in total. The number of unbranched alkanes of at least 4 members (excludes halogenated alkanes) is 1. The lowest BCUT2D eigenvalue weighted by molar-refractivity contribution is -0.137. The lowest BCUT2D eigenvalue weighted by atomic mass is 10.1. The summed E-state index contributed by atoms with van der Waals surface area (Å²) in [4.78, 5) is 11.1. The minimum atomic E-state index is -0.821. The van der Waals surface area contributed by atoms with E-state index in [0.717, 1.165) is 40.4 Å². The lowest BCUT2D eigenvalue weighted by Gasteiger charge is -2.09. The van der Waals surface area contributed by atoms with Crippen LogP contribution < -0.4 is 9.47 Å². The normalized spacial score (nSPS) is 11.1. The van der Waals surface area contributed by atoms with Crippen LogP contribution in [0, 0.1) is 5.82 Å². The molecule has 0 spiro atoms. The zero-order valence-corrected chi connectivity index (χ0v) is 17.1. The predicted octanol–water partition coefficient (Wildman–Crippen LogP) is 5.65. The van der Waals surface area contributed by atoms with Crippen LogP contribution in [0.5, 0.6) is 11.5 Å². The molecule has 0 fully saturated rings. The minimum absolute atomic E-state index is 0.0597. The van der Waals surface area contributed by atoms with E-state index < -0.39 is 5.97 Å². The Balaban J connectivity index is 1.38. The van der Waals surface area contributed by atoms with E-state index in [1.54, 1.807) is 12.1 Å². The van der Waals surface area contributed by atoms with E-state index in [4.69, 9.17) is 14.6 Å². The molecule has 5 nitrogen and oxygen atoms in total. The molecule has 0 atom stereocenters. The van der Waals surface area contributed by atoms with Gasteiger partial charge in [-0.2, -0.15) is 0 Å². The number of carboxylic acid groups (broad SMARTS) is 1. The molecule has 1 heterocycles. The number of benzene rings is 3. The number of aliphatic carboxylic acids is 1. The standard InChI is InChI=1S/C25H24FNO4/c26-18-6-5-7-19(16-18)30-14-3-4-15-31-20-10-11-22-21-8-1-2-9-23(21)27(24(22)17-20)13-12-25(28)29/h1-2,5-11,16-17H,3-4,12-15H2,(H,28,29). The van der Waals surface area contributed by atoms with Gasteiger partial charge in [-0.15, -0.1) is 0 Å². The van der Waals surface area contributed by atoms with Crippen molar-refractivity contribution in [2.75, 3.05) is 13.2 Å². The highest BCUT2D eigenvalue weighted by Crippen LogP contribution is 2.31. The third-order valence-electron chi connectivity index (χ3n) is 5.17. The number of nitrogens with zero attached hydrogens (tertiary/aromatic N) is 1. The van der Waals surface area contributed by atoms with Crippen LogP contribution in [0.3, 0.4) is 0 Å². The fourth-order valence-electron chi connectivity index (χ4n) is 3.71. The van der Waals surface area contributed by atoms with Crippen LogP contribution >= 0.6 is 0 Å². The van der Waals surface area contributed by atoms with Crippen molar-refractivity contribution in [1.29, 1.82) is 0 Å². The second-order valence-electron chi connectivity index (χ2n) is 7.35. The van der Waals surface area contributed by atoms with Crippen molar-refractivity contribution < 1.29 is 23.8 Å². The van der Waals surface area contributed by atoms with E-state index in [1.165, 1.54) is 12.1 Å². The molecule has 6 heteroatoms. The number of aromatic nitrogens is 1. The highest BCUT2D eigenvalue weighted by molar-refractivity contribution is 6.08. The van der Waals surface area contributed by atoms with Crippen molar-refractivity contribution in [3.8, 4) is 11.5 Å². The maximum Gasteiger partial charge on any atom is 0.305 e. The van der Waals surface area contributed by atoms with E-state index in [9.17, 15) is 9.18 Å². The van der Waals surface area contributed by atoms with Gasteiger partial charge in [-0.1, -0.05) is 24.3 Å². The summed E-state index contributed by atoms with van der Waals surface area (Å²) in [6.45, 7) is 1.43. The molecule has 4 aromatic rings. The zero-order chi connectivity index (χ0) is 21.6. The van der Waals surface area contributed by atoms with Gasteiger partial charge in [0.25, 0.3) is 0 Å². The van der Waals surface area contributed by atoms with Crippen LogP contribution in [-0.4, -0.2) is 28.9 Å². The van der Waals surface area contributed by atoms with Crippen LogP contribution in [-0.2, 0) is 11.3 Å². The van der Waals surface area contributed by atoms with E-state index in [1.807, 2.05) is 47.0 Å². The smallest absolute Gasteiger partial charge is 0.305 e. The second kappa shape index (κ2) is 9.51. The van der Waals surface area contributed by atoms with Crippen molar-refractivity contribution in [2.24, 2.45) is 0 Å². The first-order valence-electron chi connectivity index (χ1n) is 10.4. The molecule has 31 heavy (non-hydrogen) atoms. The van der Waals surface area contributed by atoms with E-state index in [0.29, 0.717) is 25.5 Å². The van der Waals surface area contributed by atoms with Gasteiger partial charge in [0.1, 0.15) is 17.3 Å². The number of ether oxygens (including phenoxy) is 2. The summed E-state index contributed by atoms with van der Waals surface area (Å²) in [6.07, 6.45) is 1.65. The largest absolute Gasteiger partial charge is 0.494 e. The van der Waals surface area contributed by atoms with Gasteiger partial charge < -0.3 is 19.1 Å². The summed E-state index contributed by atoms with van der Waals surface area (Å²) in [6, 6.07) is 20.1. The molecule has 0 unspecified atom stereocenters. The SMILES string of the molecule is O=C(O)CCn1c2ccccc2c2ccc(OCCCCOc3cccc(F)c3)cc21. The average Bonchev–Trinajstić information content (AvgIpc) is 3.07. The third-order valence-corrected chi connectivity index (χ3v) is 5.17. The fourth-order valence-corrected chi connectivity index (χ4v) is 3.71. The zero-order valence-electron chi connectivity index (χ0n) is 17.1. The number of aryl methyl sites for hydroxylation is 1. The summed E-state index contributed by atoms with van der Waals surface area (Å²) in [5.74, 6) is 0.147. The van der Waals surface area contributed by atoms with Crippen LogP contribution in [0.1, 0.15) is 19.3 Å². The van der Waals surface area contributed by atoms with Gasteiger partial charge in [-0.05, 0) is 43.2 Å². The van der Waals surface area contributed by atoms with E-state index in [-0.39, 0.29) is 12.2 Å². The van der Waals surface area contributed by atoms with Gasteiger partial charge in [0.15, 0.2) is 0 Å². The Morgan fingerprint density at radius 2 is 1.55 bits per heavy atom. The molecule has 0 radical (unpaired) electrons. The Morgan fingerprint density at radius 3 is 2.29 bits per heavy atom. The third kappa shape index (κ3) is 4.97. The van der Waals surface area contributed by atoms with Crippen LogP contribution in [0.15, 0.2) is 66.7 Å². The van der Waals surface area contributed by atoms with Gasteiger partial charge in [0, 0.05) is 35.0 Å². The van der Waals surface area contributed by atoms with Gasteiger partial charge in [0.2, 0.25) is 0 Å². The summed E-state index contributed by atoms with van der Waals surface area (Å²) >= 11 is 0. The van der Waals surface area contributed by atoms with Crippen LogP contribution in [0.2, 0.25) is 0 Å². The molecule has 0 saturated carbocycles. The quantitative estimate of drug-likeness (QED) is 0.336. The summed E-state index contributed by atoms with van der Waals surface area (Å²) in [5, 5.41) is 11.3. The summed E-state index contributed by atoms with van der Waals surface area (Å²) in [5.41, 5.74) is 1.99. The Bertz CT molecular complexity index is 1200. The van der Waals surface area contributed by atoms with Crippen molar-refractivity contribution in [3.05, 3.63) is 72.5 Å². The number of fused-ring (bicyclic) bond motifs is 3. The summed E-state index contributed by atoms with van der Waals surface area (Å²) in [7, 11) is 0. The number of rotatable bonds is 10. The average molecular weight is 421 g/mol. The molecular weight excluding hydrogens is 397 g/mol. The number of para-hydroxylation sites is 1. The highest BCUT2D eigenvalue weighted by atomic mass is 19.1. The van der Waals surface area contributed by atoms with Gasteiger partial charge in [-0.3, -0.25) is 4.79 Å². The van der Waals surface area contributed by atoms with E-state index >= 15 is 0 Å². The maximum atomic E-state index is 13.1. The number of carboxylic acids is 1. The van der Waals surface area contributed by atoms with Crippen molar-refractivity contribution in [1.82, 2.24) is 4.57 Å². The van der Waals surface area contributed by atoms with Gasteiger partial charge in [0.05, 0.1) is 25.2 Å². The van der Waals surface area contributed by atoms with Crippen molar-refractivity contribution in [2.45, 2.75) is 25.8 Å². The molecule has 0 amide bonds. The number of hydrogen-bond donors (Lipinski definition) is 1. The Morgan fingerprint density at radius 1 is 0.839 bits per heavy atom. The second-order valence-corrected chi connectivity index (χ2v) is 7.35. The summed E-state index contributed by atoms with van der Waals surface area (Å²) < 4.78 is 26.7. The Kier molecular flexibility index (Phi) is 6.36. The number of carbonyl (C=O) groups is 1. The molecule has 3 aromatic carbocycles. The molecular formula is C25H24FNO4. The molecule has 4 rings (SSSR count). The van der Waals surface area contributed by atoms with Gasteiger partial charge >= 0.3 is 5.97 Å². The number of halogens is 1.